The van der Waals surface area contributed by atoms with E-state index >= 15 is 0 Å². The summed E-state index contributed by atoms with van der Waals surface area (Å²) in [6, 6.07) is 20.3. The van der Waals surface area contributed by atoms with E-state index < -0.39 is 5.91 Å². The summed E-state index contributed by atoms with van der Waals surface area (Å²) < 4.78 is 5.81. The first-order valence-electron chi connectivity index (χ1n) is 7.89. The Morgan fingerprint density at radius 1 is 1.12 bits per heavy atom. The molecule has 0 bridgehead atoms. The lowest BCUT2D eigenvalue weighted by atomic mass is 10.2. The van der Waals surface area contributed by atoms with Crippen molar-refractivity contribution in [1.29, 1.82) is 5.26 Å². The minimum atomic E-state index is -0.597. The van der Waals surface area contributed by atoms with Crippen molar-refractivity contribution in [1.82, 2.24) is 4.98 Å². The molecule has 6 nitrogen and oxygen atoms in total. The van der Waals surface area contributed by atoms with Gasteiger partial charge >= 0.3 is 0 Å². The lowest BCUT2D eigenvalue weighted by molar-refractivity contribution is 0.0995. The number of hydrogen-bond donors (Lipinski definition) is 2. The number of pyridine rings is 1. The van der Waals surface area contributed by atoms with E-state index in [1.165, 1.54) is 6.20 Å². The van der Waals surface area contributed by atoms with Gasteiger partial charge in [0, 0.05) is 23.6 Å². The predicted octanol–water partition coefficient (Wildman–Crippen LogP) is 3.37. The summed E-state index contributed by atoms with van der Waals surface area (Å²) in [6.45, 7) is 0.361. The number of carbonyl (C=O) groups excluding carboxylic acids is 1. The van der Waals surface area contributed by atoms with Crippen molar-refractivity contribution in [3.8, 4) is 11.8 Å². The van der Waals surface area contributed by atoms with Crippen LogP contribution in [0.5, 0.6) is 5.75 Å². The zero-order valence-corrected chi connectivity index (χ0v) is 13.8. The Bertz CT molecular complexity index is 965. The fourth-order valence-corrected chi connectivity index (χ4v) is 2.36. The molecule has 0 saturated carbocycles. The first kappa shape index (κ1) is 17.0. The highest BCUT2D eigenvalue weighted by molar-refractivity contribution is 5.91. The Labute approximate surface area is 150 Å². The summed E-state index contributed by atoms with van der Waals surface area (Å²) in [5, 5.41) is 12.4. The zero-order chi connectivity index (χ0) is 18.4. The van der Waals surface area contributed by atoms with Crippen LogP contribution in [0.15, 0.2) is 66.9 Å². The van der Waals surface area contributed by atoms with Crippen molar-refractivity contribution in [3.63, 3.8) is 0 Å². The topological polar surface area (TPSA) is 101 Å². The van der Waals surface area contributed by atoms with Gasteiger partial charge < -0.3 is 15.8 Å². The van der Waals surface area contributed by atoms with Gasteiger partial charge in [-0.25, -0.2) is 0 Å². The molecule has 0 spiro atoms. The lowest BCUT2D eigenvalue weighted by Crippen LogP contribution is -2.12. The second kappa shape index (κ2) is 7.81. The summed E-state index contributed by atoms with van der Waals surface area (Å²) in [7, 11) is 0. The van der Waals surface area contributed by atoms with Crippen LogP contribution in [0.1, 0.15) is 21.6 Å². The number of benzene rings is 2. The summed E-state index contributed by atoms with van der Waals surface area (Å²) >= 11 is 0. The fourth-order valence-electron chi connectivity index (χ4n) is 2.36. The van der Waals surface area contributed by atoms with Crippen molar-refractivity contribution in [3.05, 3.63) is 83.7 Å². The monoisotopic (exact) mass is 344 g/mol. The number of aromatic nitrogens is 1. The molecule has 1 amide bonds. The summed E-state index contributed by atoms with van der Waals surface area (Å²) in [4.78, 5) is 15.1. The molecule has 0 atom stereocenters. The number of rotatable bonds is 6. The van der Waals surface area contributed by atoms with E-state index in [1.807, 2.05) is 30.3 Å². The molecule has 2 aromatic carbocycles. The van der Waals surface area contributed by atoms with Crippen molar-refractivity contribution < 1.29 is 9.53 Å². The van der Waals surface area contributed by atoms with E-state index in [0.717, 1.165) is 5.56 Å². The van der Waals surface area contributed by atoms with E-state index in [-0.39, 0.29) is 5.69 Å². The molecule has 1 heterocycles. The molecular weight excluding hydrogens is 328 g/mol. The van der Waals surface area contributed by atoms with Crippen LogP contribution in [0.3, 0.4) is 0 Å². The van der Waals surface area contributed by atoms with E-state index in [4.69, 9.17) is 10.5 Å². The number of nitrogens with two attached hydrogens (primary N) is 1. The van der Waals surface area contributed by atoms with Crippen LogP contribution in [-0.4, -0.2) is 10.9 Å². The summed E-state index contributed by atoms with van der Waals surface area (Å²) in [6.07, 6.45) is 1.50. The standard InChI is InChI=1S/C20H16N4O2/c21-12-15-6-7-16(24-17-8-9-23-18(10-17)20(22)25)11-19(15)26-13-14-4-2-1-3-5-14/h1-11H,13H2,(H2,22,25)(H,23,24). The molecule has 0 radical (unpaired) electrons. The molecule has 0 saturated heterocycles. The minimum absolute atomic E-state index is 0.171. The van der Waals surface area contributed by atoms with Crippen molar-refractivity contribution in [2.45, 2.75) is 6.61 Å². The van der Waals surface area contributed by atoms with Gasteiger partial charge in [-0.2, -0.15) is 5.26 Å². The Kier molecular flexibility index (Phi) is 5.11. The highest BCUT2D eigenvalue weighted by Crippen LogP contribution is 2.26. The van der Waals surface area contributed by atoms with Crippen molar-refractivity contribution in [2.24, 2.45) is 5.73 Å². The number of ether oxygens (including phenoxy) is 1. The second-order valence-corrected chi connectivity index (χ2v) is 5.52. The van der Waals surface area contributed by atoms with Crippen molar-refractivity contribution >= 4 is 17.3 Å². The quantitative estimate of drug-likeness (QED) is 0.714. The SMILES string of the molecule is N#Cc1ccc(Nc2ccnc(C(N)=O)c2)cc1OCc1ccccc1. The fraction of sp³-hybridized carbons (Fsp3) is 0.0500. The Morgan fingerprint density at radius 3 is 2.62 bits per heavy atom. The maximum atomic E-state index is 11.2. The first-order valence-corrected chi connectivity index (χ1v) is 7.89. The molecule has 26 heavy (non-hydrogen) atoms. The Hall–Kier alpha value is -3.85. The summed E-state index contributed by atoms with van der Waals surface area (Å²) in [5.74, 6) is -0.120. The predicted molar refractivity (Wildman–Crippen MR) is 98.0 cm³/mol. The van der Waals surface area contributed by atoms with Gasteiger partial charge in [0.1, 0.15) is 24.1 Å². The number of nitrogens with one attached hydrogen (secondary N) is 1. The van der Waals surface area contributed by atoms with Gasteiger partial charge in [0.2, 0.25) is 0 Å². The molecule has 128 valence electrons. The summed E-state index contributed by atoms with van der Waals surface area (Å²) in [5.41, 5.74) is 8.25. The number of amides is 1. The molecule has 3 rings (SSSR count). The van der Waals surface area contributed by atoms with Crippen LogP contribution < -0.4 is 15.8 Å². The van der Waals surface area contributed by atoms with Crippen LogP contribution >= 0.6 is 0 Å². The van der Waals surface area contributed by atoms with Gasteiger partial charge in [0.15, 0.2) is 0 Å². The molecule has 1 aromatic heterocycles. The van der Waals surface area contributed by atoms with Crippen LogP contribution in [0.25, 0.3) is 0 Å². The molecule has 0 aliphatic carbocycles. The van der Waals surface area contributed by atoms with Gasteiger partial charge in [-0.1, -0.05) is 30.3 Å². The highest BCUT2D eigenvalue weighted by Gasteiger charge is 2.07. The van der Waals surface area contributed by atoms with Gasteiger partial charge in [-0.05, 0) is 29.8 Å². The molecule has 0 aliphatic heterocycles. The Balaban J connectivity index is 1.80. The third kappa shape index (κ3) is 4.16. The average Bonchev–Trinajstić information content (AvgIpc) is 2.67. The van der Waals surface area contributed by atoms with Crippen molar-refractivity contribution in [2.75, 3.05) is 5.32 Å². The maximum absolute atomic E-state index is 11.2. The lowest BCUT2D eigenvalue weighted by Gasteiger charge is -2.12. The number of nitrogens with zero attached hydrogens (tertiary/aromatic N) is 2. The van der Waals surface area contributed by atoms with Gasteiger partial charge in [0.05, 0.1) is 5.56 Å². The molecule has 6 heteroatoms. The van der Waals surface area contributed by atoms with E-state index in [9.17, 15) is 10.1 Å². The third-order valence-corrected chi connectivity index (χ3v) is 3.64. The molecule has 0 unspecified atom stereocenters. The number of primary amides is 1. The van der Waals surface area contributed by atoms with Gasteiger partial charge in [-0.15, -0.1) is 0 Å². The van der Waals surface area contributed by atoms with Crippen LogP contribution in [0.4, 0.5) is 11.4 Å². The number of hydrogen-bond acceptors (Lipinski definition) is 5. The van der Waals surface area contributed by atoms with Crippen LogP contribution in [0, 0.1) is 11.3 Å². The minimum Gasteiger partial charge on any atom is -0.487 e. The second-order valence-electron chi connectivity index (χ2n) is 5.52. The molecule has 3 aromatic rings. The molecule has 0 fully saturated rings. The van der Waals surface area contributed by atoms with E-state index in [1.54, 1.807) is 30.3 Å². The first-order chi connectivity index (χ1) is 12.7. The zero-order valence-electron chi connectivity index (χ0n) is 13.8. The smallest absolute Gasteiger partial charge is 0.267 e. The third-order valence-electron chi connectivity index (χ3n) is 3.64. The largest absolute Gasteiger partial charge is 0.487 e. The maximum Gasteiger partial charge on any atom is 0.267 e. The molecule has 3 N–H and O–H groups in total. The average molecular weight is 344 g/mol. The van der Waals surface area contributed by atoms with Crippen LogP contribution in [0.2, 0.25) is 0 Å². The number of carbonyl (C=O) groups is 1. The Morgan fingerprint density at radius 2 is 1.88 bits per heavy atom. The molecular formula is C20H16N4O2. The van der Waals surface area contributed by atoms with Crippen LogP contribution in [-0.2, 0) is 6.61 Å². The molecule has 0 aliphatic rings. The normalized spacial score (nSPS) is 9.96. The number of anilines is 2. The number of nitriles is 1. The van der Waals surface area contributed by atoms with Gasteiger partial charge in [0.25, 0.3) is 5.91 Å². The van der Waals surface area contributed by atoms with E-state index in [0.29, 0.717) is 29.3 Å². The highest BCUT2D eigenvalue weighted by atomic mass is 16.5. The van der Waals surface area contributed by atoms with Gasteiger partial charge in [-0.3, -0.25) is 9.78 Å². The van der Waals surface area contributed by atoms with E-state index in [2.05, 4.69) is 16.4 Å².